The van der Waals surface area contributed by atoms with Crippen LogP contribution in [0.3, 0.4) is 0 Å². The van der Waals surface area contributed by atoms with Crippen LogP contribution in [0.15, 0.2) is 40.5 Å². The second-order valence-electron chi connectivity index (χ2n) is 25.5. The molecule has 18 heteroatoms. The number of aliphatic hydroxyl groups excluding tert-OH is 2. The summed E-state index contributed by atoms with van der Waals surface area (Å²) in [4.78, 5) is 99.3. The number of Topliss-reactive ketones (excluding diaryl/α,β-unsaturated/α-hetero) is 2. The van der Waals surface area contributed by atoms with Crippen molar-refractivity contribution in [2.75, 3.05) is 33.2 Å². The summed E-state index contributed by atoms with van der Waals surface area (Å²) in [5.74, 6) is 0.306. The zero-order valence-electron chi connectivity index (χ0n) is 48.8. The Balaban J connectivity index is 0.817. The summed E-state index contributed by atoms with van der Waals surface area (Å²) in [6.45, 7) is 16.4. The molecule has 438 valence electrons. The molecule has 11 atom stereocenters. The maximum absolute atomic E-state index is 13.7. The van der Waals surface area contributed by atoms with Gasteiger partial charge in [-0.05, 0) is 169 Å². The molecule has 3 unspecified atom stereocenters. The summed E-state index contributed by atoms with van der Waals surface area (Å²) in [6.07, 6.45) is 10.6. The molecule has 5 N–H and O–H groups in total. The molecule has 0 saturated heterocycles. The fourth-order valence-electron chi connectivity index (χ4n) is 15.2. The summed E-state index contributed by atoms with van der Waals surface area (Å²) >= 11 is 1.18. The SMILES string of the molecule is CC1=C(C)C(=O)C(C(C)(C)CC(=O)N(C)CCN(CCCCCC(=O)NCCCCC(NC(=O)CC[C@@H](C)[C@H]2CCC3[C@H]4C(CC[C@@]32C)[C@@]2(C)CC[C@@H](O)C[C@H]2C[C@H]4O)C(=O)O)C(=O)Oc2ccc3nc(C#N)sc3c2)=C(C)C1=O. The Morgan fingerprint density at radius 2 is 1.57 bits per heavy atom. The van der Waals surface area contributed by atoms with E-state index in [4.69, 9.17) is 4.74 Å². The van der Waals surface area contributed by atoms with Gasteiger partial charge >= 0.3 is 12.1 Å². The largest absolute Gasteiger partial charge is 0.480 e. The highest BCUT2D eigenvalue weighted by molar-refractivity contribution is 7.19. The molecule has 5 aliphatic rings. The number of aromatic nitrogens is 1. The number of thiazole rings is 1. The number of ketones is 2. The van der Waals surface area contributed by atoms with E-state index in [-0.39, 0.29) is 120 Å². The van der Waals surface area contributed by atoms with E-state index in [0.29, 0.717) is 101 Å². The van der Waals surface area contributed by atoms with E-state index in [1.54, 1.807) is 59.9 Å². The van der Waals surface area contributed by atoms with Crippen molar-refractivity contribution in [3.8, 4) is 11.8 Å². The van der Waals surface area contributed by atoms with Crippen molar-refractivity contribution in [1.82, 2.24) is 25.4 Å². The van der Waals surface area contributed by atoms with Crippen molar-refractivity contribution in [3.05, 3.63) is 45.5 Å². The minimum absolute atomic E-state index is 0.0422. The Morgan fingerprint density at radius 1 is 0.863 bits per heavy atom. The van der Waals surface area contributed by atoms with Crippen LogP contribution in [0.1, 0.15) is 176 Å². The predicted octanol–water partition coefficient (Wildman–Crippen LogP) is 9.47. The van der Waals surface area contributed by atoms with Crippen LogP contribution in [-0.4, -0.2) is 123 Å². The number of nitriles is 1. The van der Waals surface area contributed by atoms with Crippen molar-refractivity contribution in [1.29, 1.82) is 5.26 Å². The summed E-state index contributed by atoms with van der Waals surface area (Å²) in [6, 6.07) is 5.93. The second-order valence-corrected chi connectivity index (χ2v) is 26.5. The lowest BCUT2D eigenvalue weighted by atomic mass is 9.43. The standard InChI is InChI=1S/C62H88N6O11S/c1-36(43-19-20-44-54-45(24-26-62(43,44)8)61(7)25-23-41(69)31-40(61)32-48(54)70)17-22-51(72)65-47(58(76)77)15-12-13-27-64-50(71)16-11-10-14-28-68(59(78)79-42-18-21-46-49(33-42)80-52(35-63)66-46)30-29-67(9)53(73)34-60(5,6)55-39(4)56(74)37(2)38(3)57(55)75/h18,21,33,36,40-41,43-45,47-48,54,69-70H,10-17,19-20,22-32,34H2,1-9H3,(H,64,71)(H,65,72)(H,76,77)/t36-,40+,41-,43-,44?,45?,47?,48-,54+,61+,62-/m1/s1. The zero-order chi connectivity index (χ0) is 58.4. The second kappa shape index (κ2) is 26.2. The number of benzene rings is 1. The molecule has 4 fully saturated rings. The number of fused-ring (bicyclic) bond motifs is 6. The Hall–Kier alpha value is -5.51. The van der Waals surface area contributed by atoms with E-state index in [1.165, 1.54) is 21.1 Å². The smallest absolute Gasteiger partial charge is 0.415 e. The third kappa shape index (κ3) is 13.9. The number of allylic oxidation sites excluding steroid dienone is 4. The lowest BCUT2D eigenvalue weighted by Gasteiger charge is -2.62. The van der Waals surface area contributed by atoms with Crippen molar-refractivity contribution >= 4 is 62.9 Å². The third-order valence-corrected chi connectivity index (χ3v) is 20.9. The fraction of sp³-hybridized carbons (Fsp3) is 0.694. The first-order valence-electron chi connectivity index (χ1n) is 29.4. The number of aliphatic carboxylic acids is 1. The number of amides is 4. The number of nitrogens with one attached hydrogen (secondary N) is 2. The summed E-state index contributed by atoms with van der Waals surface area (Å²) in [5.41, 5.74) is 1.37. The van der Waals surface area contributed by atoms with Crippen molar-refractivity contribution in [2.45, 2.75) is 189 Å². The average Bonchev–Trinajstić information content (AvgIpc) is 4.00. The molecule has 1 heterocycles. The zero-order valence-corrected chi connectivity index (χ0v) is 49.6. The van der Waals surface area contributed by atoms with E-state index in [1.807, 2.05) is 6.07 Å². The van der Waals surface area contributed by atoms with Gasteiger partial charge in [-0.2, -0.15) is 5.26 Å². The number of carbonyl (C=O) groups is 7. The van der Waals surface area contributed by atoms with E-state index >= 15 is 0 Å². The van der Waals surface area contributed by atoms with E-state index < -0.39 is 23.5 Å². The van der Waals surface area contributed by atoms with Crippen LogP contribution in [0.5, 0.6) is 5.75 Å². The number of carboxylic acid groups (broad SMARTS) is 1. The Kier molecular flexibility index (Phi) is 20.3. The number of unbranched alkanes of at least 4 members (excludes halogenated alkanes) is 3. The first-order valence-corrected chi connectivity index (χ1v) is 30.3. The highest BCUT2D eigenvalue weighted by atomic mass is 32.1. The minimum atomic E-state index is -1.09. The molecule has 80 heavy (non-hydrogen) atoms. The van der Waals surface area contributed by atoms with Crippen LogP contribution in [0, 0.1) is 63.1 Å². The molecule has 0 aliphatic heterocycles. The van der Waals surface area contributed by atoms with Gasteiger partial charge in [0.25, 0.3) is 0 Å². The molecule has 4 amide bonds. The first kappa shape index (κ1) is 62.1. The van der Waals surface area contributed by atoms with E-state index in [9.17, 15) is 54.1 Å². The van der Waals surface area contributed by atoms with Gasteiger partial charge in [-0.25, -0.2) is 14.6 Å². The molecule has 17 nitrogen and oxygen atoms in total. The van der Waals surface area contributed by atoms with Gasteiger partial charge in [-0.3, -0.25) is 24.0 Å². The van der Waals surface area contributed by atoms with Gasteiger partial charge in [0, 0.05) is 86.3 Å². The Morgan fingerprint density at radius 3 is 2.30 bits per heavy atom. The number of hydrogen-bond donors (Lipinski definition) is 5. The molecular formula is C62H88N6O11S. The monoisotopic (exact) mass is 1120 g/mol. The molecular weight excluding hydrogens is 1040 g/mol. The number of carbonyl (C=O) groups excluding carboxylic acids is 6. The van der Waals surface area contributed by atoms with Crippen molar-refractivity contribution in [3.63, 3.8) is 0 Å². The van der Waals surface area contributed by atoms with Crippen LogP contribution >= 0.6 is 11.3 Å². The molecule has 2 aromatic rings. The van der Waals surface area contributed by atoms with Crippen LogP contribution in [-0.2, 0) is 28.8 Å². The number of hydrogen-bond acceptors (Lipinski definition) is 13. The molecule has 0 bridgehead atoms. The maximum Gasteiger partial charge on any atom is 0.415 e. The fourth-order valence-corrected chi connectivity index (χ4v) is 16.0. The molecule has 5 aliphatic carbocycles. The van der Waals surface area contributed by atoms with Crippen LogP contribution in [0.2, 0.25) is 0 Å². The molecule has 1 aromatic carbocycles. The number of ether oxygens (including phenoxy) is 1. The van der Waals surface area contributed by atoms with Crippen LogP contribution < -0.4 is 15.4 Å². The lowest BCUT2D eigenvalue weighted by molar-refractivity contribution is -0.174. The summed E-state index contributed by atoms with van der Waals surface area (Å²) < 4.78 is 6.48. The Labute approximate surface area is 476 Å². The van der Waals surface area contributed by atoms with E-state index in [2.05, 4.69) is 36.4 Å². The number of rotatable bonds is 24. The van der Waals surface area contributed by atoms with Crippen molar-refractivity contribution < 1.29 is 53.6 Å². The Bertz CT molecular complexity index is 2780. The highest BCUT2D eigenvalue weighted by Gasteiger charge is 2.63. The van der Waals surface area contributed by atoms with Gasteiger partial charge in [0.15, 0.2) is 16.6 Å². The van der Waals surface area contributed by atoms with Gasteiger partial charge < -0.3 is 40.5 Å². The first-order chi connectivity index (χ1) is 37.8. The van der Waals surface area contributed by atoms with Crippen LogP contribution in [0.25, 0.3) is 10.2 Å². The number of aliphatic hydroxyl groups is 2. The molecule has 4 saturated carbocycles. The normalized spacial score (nSPS) is 27.4. The third-order valence-electron chi connectivity index (χ3n) is 20.0. The van der Waals surface area contributed by atoms with Gasteiger partial charge in [-0.15, -0.1) is 11.3 Å². The molecule has 1 aromatic heterocycles. The van der Waals surface area contributed by atoms with Gasteiger partial charge in [0.2, 0.25) is 17.7 Å². The van der Waals surface area contributed by atoms with E-state index in [0.717, 1.165) is 51.4 Å². The summed E-state index contributed by atoms with van der Waals surface area (Å²) in [7, 11) is 1.62. The topological polar surface area (TPSA) is 257 Å². The summed E-state index contributed by atoms with van der Waals surface area (Å²) in [5, 5.41) is 47.4. The molecule has 0 radical (unpaired) electrons. The van der Waals surface area contributed by atoms with Gasteiger partial charge in [-0.1, -0.05) is 41.0 Å². The van der Waals surface area contributed by atoms with Gasteiger partial charge in [0.05, 0.1) is 22.4 Å². The number of nitrogens with zero attached hydrogens (tertiary/aromatic N) is 4. The lowest BCUT2D eigenvalue weighted by Crippen LogP contribution is -2.58. The quantitative estimate of drug-likeness (QED) is 0.0485. The highest BCUT2D eigenvalue weighted by Crippen LogP contribution is 2.68. The minimum Gasteiger partial charge on any atom is -0.480 e. The van der Waals surface area contributed by atoms with Gasteiger partial charge in [0.1, 0.15) is 17.9 Å². The average molecular weight is 1130 g/mol. The number of likely N-dealkylation sites (N-methyl/N-ethyl adjacent to an activating group) is 1. The maximum atomic E-state index is 13.7. The molecule has 7 rings (SSSR count). The van der Waals surface area contributed by atoms with Crippen LogP contribution in [0.4, 0.5) is 4.79 Å². The number of carboxylic acids is 1. The molecule has 0 spiro atoms. The predicted molar refractivity (Wildman–Crippen MR) is 305 cm³/mol. The van der Waals surface area contributed by atoms with Crippen molar-refractivity contribution in [2.24, 2.45) is 51.8 Å².